The molecule has 0 aliphatic carbocycles. The quantitative estimate of drug-likeness (QED) is 0.891. The zero-order valence-electron chi connectivity index (χ0n) is 11.6. The van der Waals surface area contributed by atoms with Gasteiger partial charge in [-0.25, -0.2) is 4.39 Å². The van der Waals surface area contributed by atoms with Crippen LogP contribution in [0.25, 0.3) is 0 Å². The monoisotopic (exact) mass is 269 g/mol. The Morgan fingerprint density at radius 1 is 0.800 bits per heavy atom. The van der Waals surface area contributed by atoms with Crippen molar-refractivity contribution in [1.82, 2.24) is 5.32 Å². The molecule has 2 aromatic carbocycles. The number of piperidine rings is 1. The lowest BCUT2D eigenvalue weighted by Crippen LogP contribution is -2.39. The van der Waals surface area contributed by atoms with Gasteiger partial charge in [-0.15, -0.1) is 0 Å². The first-order valence-electron chi connectivity index (χ1n) is 7.32. The smallest absolute Gasteiger partial charge is 0.163 e. The van der Waals surface area contributed by atoms with E-state index in [2.05, 4.69) is 5.32 Å². The summed E-state index contributed by atoms with van der Waals surface area (Å²) in [5.41, 5.74) is 0.168. The van der Waals surface area contributed by atoms with Gasteiger partial charge < -0.3 is 5.32 Å². The molecule has 0 radical (unpaired) electrons. The molecule has 0 bridgehead atoms. The molecule has 104 valence electrons. The van der Waals surface area contributed by atoms with Gasteiger partial charge in [0.25, 0.3) is 0 Å². The van der Waals surface area contributed by atoms with Gasteiger partial charge in [0.2, 0.25) is 0 Å². The fourth-order valence-electron chi connectivity index (χ4n) is 3.22. The van der Waals surface area contributed by atoms with E-state index in [1.165, 1.54) is 0 Å². The van der Waals surface area contributed by atoms with Gasteiger partial charge in [-0.2, -0.15) is 0 Å². The van der Waals surface area contributed by atoms with Crippen LogP contribution < -0.4 is 5.32 Å². The van der Waals surface area contributed by atoms with E-state index in [0.717, 1.165) is 37.1 Å². The fraction of sp³-hybridized carbons (Fsp3) is 0.333. The Morgan fingerprint density at radius 2 is 1.25 bits per heavy atom. The highest BCUT2D eigenvalue weighted by Gasteiger charge is 2.42. The van der Waals surface area contributed by atoms with Crippen molar-refractivity contribution >= 4 is 0 Å². The molecule has 1 nitrogen and oxygen atoms in total. The second-order valence-electron chi connectivity index (χ2n) is 5.47. The number of hydrogen-bond acceptors (Lipinski definition) is 1. The van der Waals surface area contributed by atoms with Crippen molar-refractivity contribution in [2.75, 3.05) is 13.1 Å². The van der Waals surface area contributed by atoms with Crippen molar-refractivity contribution in [3.63, 3.8) is 0 Å². The largest absolute Gasteiger partial charge is 0.317 e. The average molecular weight is 269 g/mol. The molecule has 1 aliphatic heterocycles. The second-order valence-corrected chi connectivity index (χ2v) is 5.47. The summed E-state index contributed by atoms with van der Waals surface area (Å²) in [7, 11) is 0. The molecule has 0 amide bonds. The van der Waals surface area contributed by atoms with E-state index in [0.29, 0.717) is 0 Å². The zero-order chi connectivity index (χ0) is 13.8. The van der Waals surface area contributed by atoms with Crippen LogP contribution >= 0.6 is 0 Å². The van der Waals surface area contributed by atoms with E-state index in [4.69, 9.17) is 0 Å². The first-order valence-corrected chi connectivity index (χ1v) is 7.32. The van der Waals surface area contributed by atoms with Gasteiger partial charge in [0, 0.05) is 5.92 Å². The Morgan fingerprint density at radius 3 is 1.70 bits per heavy atom. The van der Waals surface area contributed by atoms with E-state index in [1.54, 1.807) is 0 Å². The molecule has 0 unspecified atom stereocenters. The molecule has 20 heavy (non-hydrogen) atoms. The SMILES string of the molecule is FC(c1ccccc1)(c1ccccc1)C1CCNCC1. The molecule has 2 heteroatoms. The maximum Gasteiger partial charge on any atom is 0.163 e. The van der Waals surface area contributed by atoms with Crippen LogP contribution in [0.15, 0.2) is 60.7 Å². The Balaban J connectivity index is 2.07. The van der Waals surface area contributed by atoms with Gasteiger partial charge >= 0.3 is 0 Å². The topological polar surface area (TPSA) is 12.0 Å². The summed E-state index contributed by atoms with van der Waals surface area (Å²) >= 11 is 0. The summed E-state index contributed by atoms with van der Waals surface area (Å²) in [4.78, 5) is 0. The van der Waals surface area contributed by atoms with Crippen LogP contribution in [0, 0.1) is 5.92 Å². The molecule has 2 aromatic rings. The summed E-state index contributed by atoms with van der Waals surface area (Å²) in [5.74, 6) is 0.0357. The lowest BCUT2D eigenvalue weighted by atomic mass is 9.74. The molecular weight excluding hydrogens is 249 g/mol. The highest BCUT2D eigenvalue weighted by molar-refractivity contribution is 5.37. The van der Waals surface area contributed by atoms with Crippen molar-refractivity contribution < 1.29 is 4.39 Å². The summed E-state index contributed by atoms with van der Waals surface area (Å²) in [6.45, 7) is 1.80. The molecule has 0 saturated carbocycles. The molecule has 1 aliphatic rings. The molecule has 1 heterocycles. The Labute approximate surface area is 119 Å². The van der Waals surface area contributed by atoms with Crippen LogP contribution in [0.4, 0.5) is 4.39 Å². The standard InChI is InChI=1S/C18H20FN/c19-18(15-7-3-1-4-8-15,16-9-5-2-6-10-16)17-11-13-20-14-12-17/h1-10,17,20H,11-14H2. The minimum absolute atomic E-state index is 0.0357. The lowest BCUT2D eigenvalue weighted by molar-refractivity contribution is 0.100. The normalized spacial score (nSPS) is 17.1. The predicted molar refractivity (Wildman–Crippen MR) is 80.4 cm³/mol. The minimum atomic E-state index is -1.38. The highest BCUT2D eigenvalue weighted by atomic mass is 19.1. The van der Waals surface area contributed by atoms with E-state index in [1.807, 2.05) is 60.7 Å². The maximum atomic E-state index is 16.1. The first-order chi connectivity index (χ1) is 9.82. The van der Waals surface area contributed by atoms with Gasteiger partial charge in [0.05, 0.1) is 0 Å². The average Bonchev–Trinajstić information content (AvgIpc) is 2.56. The first kappa shape index (κ1) is 13.3. The maximum absolute atomic E-state index is 16.1. The van der Waals surface area contributed by atoms with Crippen LogP contribution in [-0.2, 0) is 5.67 Å². The Hall–Kier alpha value is -1.67. The van der Waals surface area contributed by atoms with Gasteiger partial charge in [-0.05, 0) is 37.1 Å². The third kappa shape index (κ3) is 2.36. The van der Waals surface area contributed by atoms with Crippen LogP contribution in [-0.4, -0.2) is 13.1 Å². The van der Waals surface area contributed by atoms with Crippen LogP contribution in [0.3, 0.4) is 0 Å². The van der Waals surface area contributed by atoms with Gasteiger partial charge in [-0.3, -0.25) is 0 Å². The van der Waals surface area contributed by atoms with Crippen LogP contribution in [0.1, 0.15) is 24.0 Å². The summed E-state index contributed by atoms with van der Waals surface area (Å²) in [5, 5.41) is 3.32. The molecule has 0 atom stereocenters. The lowest BCUT2D eigenvalue weighted by Gasteiger charge is -2.37. The second kappa shape index (κ2) is 5.76. The molecule has 1 saturated heterocycles. The van der Waals surface area contributed by atoms with Crippen LogP contribution in [0.5, 0.6) is 0 Å². The van der Waals surface area contributed by atoms with Gasteiger partial charge in [0.15, 0.2) is 5.67 Å². The van der Waals surface area contributed by atoms with Crippen molar-refractivity contribution in [2.45, 2.75) is 18.5 Å². The van der Waals surface area contributed by atoms with Crippen molar-refractivity contribution in [3.8, 4) is 0 Å². The summed E-state index contributed by atoms with van der Waals surface area (Å²) in [6, 6.07) is 19.2. The predicted octanol–water partition coefficient (Wildman–Crippen LogP) is 3.90. The van der Waals surface area contributed by atoms with E-state index >= 15 is 4.39 Å². The Kier molecular flexibility index (Phi) is 3.83. The van der Waals surface area contributed by atoms with Gasteiger partial charge in [-0.1, -0.05) is 60.7 Å². The van der Waals surface area contributed by atoms with E-state index in [9.17, 15) is 0 Å². The molecule has 1 N–H and O–H groups in total. The molecule has 3 rings (SSSR count). The van der Waals surface area contributed by atoms with E-state index < -0.39 is 5.67 Å². The Bertz CT molecular complexity index is 492. The van der Waals surface area contributed by atoms with Crippen molar-refractivity contribution in [3.05, 3.63) is 71.8 Å². The third-order valence-electron chi connectivity index (χ3n) is 4.29. The van der Waals surface area contributed by atoms with E-state index in [-0.39, 0.29) is 5.92 Å². The number of halogens is 1. The van der Waals surface area contributed by atoms with Crippen molar-refractivity contribution in [2.24, 2.45) is 5.92 Å². The van der Waals surface area contributed by atoms with Crippen molar-refractivity contribution in [1.29, 1.82) is 0 Å². The number of hydrogen-bond donors (Lipinski definition) is 1. The molecule has 0 aromatic heterocycles. The number of nitrogens with one attached hydrogen (secondary N) is 1. The molecule has 1 fully saturated rings. The minimum Gasteiger partial charge on any atom is -0.317 e. The molecule has 0 spiro atoms. The number of rotatable bonds is 3. The van der Waals surface area contributed by atoms with Gasteiger partial charge in [0.1, 0.15) is 0 Å². The molecular formula is C18H20FN. The highest BCUT2D eigenvalue weighted by Crippen LogP contribution is 2.44. The number of alkyl halides is 1. The summed E-state index contributed by atoms with van der Waals surface area (Å²) in [6.07, 6.45) is 1.75. The van der Waals surface area contributed by atoms with Crippen LogP contribution in [0.2, 0.25) is 0 Å². The third-order valence-corrected chi connectivity index (χ3v) is 4.29. The zero-order valence-corrected chi connectivity index (χ0v) is 11.6. The fourth-order valence-corrected chi connectivity index (χ4v) is 3.22. The summed E-state index contributed by atoms with van der Waals surface area (Å²) < 4.78 is 16.1. The number of benzene rings is 2.